The van der Waals surface area contributed by atoms with E-state index in [0.717, 1.165) is 19.0 Å². The van der Waals surface area contributed by atoms with Gasteiger partial charge in [0.1, 0.15) is 0 Å². The lowest BCUT2D eigenvalue weighted by Gasteiger charge is -2.49. The molecule has 1 fully saturated rings. The fourth-order valence-corrected chi connectivity index (χ4v) is 2.14. The molecule has 1 N–H and O–H groups in total. The van der Waals surface area contributed by atoms with Gasteiger partial charge in [0.05, 0.1) is 6.42 Å². The van der Waals surface area contributed by atoms with Gasteiger partial charge in [0.25, 0.3) is 0 Å². The van der Waals surface area contributed by atoms with Crippen molar-refractivity contribution in [1.29, 1.82) is 0 Å². The Balaban J connectivity index is 2.33. The molecule has 0 bridgehead atoms. The number of likely N-dealkylation sites (tertiary alicyclic amines) is 1. The fourth-order valence-electron chi connectivity index (χ4n) is 2.14. The lowest BCUT2D eigenvalue weighted by Crippen LogP contribution is -2.57. The molecule has 0 spiro atoms. The SMILES string of the molecule is CCCC1CN(C(C)(C)CC(=O)O)C1. The summed E-state index contributed by atoms with van der Waals surface area (Å²) in [5, 5.41) is 8.76. The first kappa shape index (κ1) is 11.5. The van der Waals surface area contributed by atoms with Crippen LogP contribution in [-0.4, -0.2) is 34.6 Å². The minimum Gasteiger partial charge on any atom is -0.481 e. The van der Waals surface area contributed by atoms with E-state index in [4.69, 9.17) is 5.11 Å². The van der Waals surface area contributed by atoms with E-state index in [1.807, 2.05) is 13.8 Å². The van der Waals surface area contributed by atoms with Crippen molar-refractivity contribution >= 4 is 5.97 Å². The van der Waals surface area contributed by atoms with Gasteiger partial charge < -0.3 is 5.11 Å². The summed E-state index contributed by atoms with van der Waals surface area (Å²) in [6.07, 6.45) is 2.75. The fraction of sp³-hybridized carbons (Fsp3) is 0.909. The monoisotopic (exact) mass is 199 g/mol. The highest BCUT2D eigenvalue weighted by Gasteiger charge is 2.37. The van der Waals surface area contributed by atoms with E-state index in [0.29, 0.717) is 0 Å². The van der Waals surface area contributed by atoms with Crippen LogP contribution in [-0.2, 0) is 4.79 Å². The number of hydrogen-bond acceptors (Lipinski definition) is 2. The largest absolute Gasteiger partial charge is 0.481 e. The smallest absolute Gasteiger partial charge is 0.305 e. The molecule has 1 saturated heterocycles. The van der Waals surface area contributed by atoms with Crippen molar-refractivity contribution in [3.05, 3.63) is 0 Å². The predicted octanol–water partition coefficient (Wildman–Crippen LogP) is 1.97. The molecular weight excluding hydrogens is 178 g/mol. The Hall–Kier alpha value is -0.570. The van der Waals surface area contributed by atoms with Crippen LogP contribution in [0.25, 0.3) is 0 Å². The minimum absolute atomic E-state index is 0.171. The van der Waals surface area contributed by atoms with Crippen LogP contribution in [0, 0.1) is 5.92 Å². The molecule has 1 aliphatic rings. The standard InChI is InChI=1S/C11H21NO2/c1-4-5-9-7-12(8-9)11(2,3)6-10(13)14/h9H,4-8H2,1-3H3,(H,13,14). The van der Waals surface area contributed by atoms with Crippen LogP contribution in [0.1, 0.15) is 40.0 Å². The van der Waals surface area contributed by atoms with Crippen LogP contribution in [0.2, 0.25) is 0 Å². The predicted molar refractivity (Wildman–Crippen MR) is 56.3 cm³/mol. The van der Waals surface area contributed by atoms with E-state index in [-0.39, 0.29) is 12.0 Å². The summed E-state index contributed by atoms with van der Waals surface area (Å²) in [6.45, 7) is 8.39. The Morgan fingerprint density at radius 1 is 1.50 bits per heavy atom. The molecule has 0 aromatic rings. The van der Waals surface area contributed by atoms with Crippen molar-refractivity contribution in [2.24, 2.45) is 5.92 Å². The van der Waals surface area contributed by atoms with Crippen LogP contribution in [0.4, 0.5) is 0 Å². The Morgan fingerprint density at radius 2 is 2.07 bits per heavy atom. The van der Waals surface area contributed by atoms with Crippen molar-refractivity contribution in [3.8, 4) is 0 Å². The van der Waals surface area contributed by atoms with Crippen molar-refractivity contribution in [1.82, 2.24) is 4.90 Å². The molecule has 1 aliphatic heterocycles. The van der Waals surface area contributed by atoms with E-state index < -0.39 is 5.97 Å². The van der Waals surface area contributed by atoms with Gasteiger partial charge in [-0.15, -0.1) is 0 Å². The molecule has 0 atom stereocenters. The third kappa shape index (κ3) is 2.71. The zero-order valence-corrected chi connectivity index (χ0v) is 9.42. The summed E-state index contributed by atoms with van der Waals surface area (Å²) in [5.74, 6) is 0.0991. The number of carboxylic acids is 1. The highest BCUT2D eigenvalue weighted by molar-refractivity contribution is 5.68. The van der Waals surface area contributed by atoms with Crippen LogP contribution in [0.3, 0.4) is 0 Å². The van der Waals surface area contributed by atoms with Crippen LogP contribution >= 0.6 is 0 Å². The van der Waals surface area contributed by atoms with Gasteiger partial charge in [-0.3, -0.25) is 9.69 Å². The number of nitrogens with zero attached hydrogens (tertiary/aromatic N) is 1. The van der Waals surface area contributed by atoms with Crippen molar-refractivity contribution in [3.63, 3.8) is 0 Å². The molecule has 0 aromatic heterocycles. The van der Waals surface area contributed by atoms with E-state index in [1.165, 1.54) is 12.8 Å². The third-order valence-electron chi connectivity index (χ3n) is 3.09. The van der Waals surface area contributed by atoms with Crippen LogP contribution < -0.4 is 0 Å². The van der Waals surface area contributed by atoms with Gasteiger partial charge in [0.15, 0.2) is 0 Å². The molecule has 0 aromatic carbocycles. The molecule has 14 heavy (non-hydrogen) atoms. The quantitative estimate of drug-likeness (QED) is 0.736. The summed E-state index contributed by atoms with van der Waals surface area (Å²) in [4.78, 5) is 12.9. The lowest BCUT2D eigenvalue weighted by molar-refractivity contribution is -0.141. The highest BCUT2D eigenvalue weighted by Crippen LogP contribution is 2.30. The molecule has 3 nitrogen and oxygen atoms in total. The third-order valence-corrected chi connectivity index (χ3v) is 3.09. The van der Waals surface area contributed by atoms with Crippen LogP contribution in [0.15, 0.2) is 0 Å². The Morgan fingerprint density at radius 3 is 2.50 bits per heavy atom. The molecule has 0 aliphatic carbocycles. The van der Waals surface area contributed by atoms with Gasteiger partial charge in [0.2, 0.25) is 0 Å². The Bertz CT molecular complexity index is 207. The number of aliphatic carboxylic acids is 1. The van der Waals surface area contributed by atoms with Gasteiger partial charge in [-0.1, -0.05) is 13.3 Å². The molecule has 0 amide bonds. The number of carbonyl (C=O) groups is 1. The highest BCUT2D eigenvalue weighted by atomic mass is 16.4. The average molecular weight is 199 g/mol. The second kappa shape index (κ2) is 4.30. The summed E-state index contributed by atoms with van der Waals surface area (Å²) in [7, 11) is 0. The molecular formula is C11H21NO2. The maximum Gasteiger partial charge on any atom is 0.305 e. The van der Waals surface area contributed by atoms with E-state index in [9.17, 15) is 4.79 Å². The molecule has 0 radical (unpaired) electrons. The first-order chi connectivity index (χ1) is 6.45. The van der Waals surface area contributed by atoms with Gasteiger partial charge in [-0.05, 0) is 26.2 Å². The van der Waals surface area contributed by atoms with Gasteiger partial charge >= 0.3 is 5.97 Å². The number of hydrogen-bond donors (Lipinski definition) is 1. The molecule has 3 heteroatoms. The topological polar surface area (TPSA) is 40.5 Å². The van der Waals surface area contributed by atoms with E-state index >= 15 is 0 Å². The first-order valence-corrected chi connectivity index (χ1v) is 5.42. The van der Waals surface area contributed by atoms with Gasteiger partial charge in [0, 0.05) is 18.6 Å². The molecule has 1 rings (SSSR count). The summed E-state index contributed by atoms with van der Waals surface area (Å²) in [5.41, 5.74) is -0.171. The van der Waals surface area contributed by atoms with Crippen molar-refractivity contribution in [2.75, 3.05) is 13.1 Å². The summed E-state index contributed by atoms with van der Waals surface area (Å²) >= 11 is 0. The minimum atomic E-state index is -0.700. The Labute approximate surface area is 86.1 Å². The normalized spacial score (nSPS) is 19.4. The molecule has 1 heterocycles. The maximum absolute atomic E-state index is 10.6. The second-order valence-corrected chi connectivity index (χ2v) is 4.94. The van der Waals surface area contributed by atoms with Crippen molar-refractivity contribution in [2.45, 2.75) is 45.6 Å². The van der Waals surface area contributed by atoms with E-state index in [1.54, 1.807) is 0 Å². The van der Waals surface area contributed by atoms with Crippen LogP contribution in [0.5, 0.6) is 0 Å². The first-order valence-electron chi connectivity index (χ1n) is 5.42. The zero-order valence-electron chi connectivity index (χ0n) is 9.42. The molecule has 0 saturated carbocycles. The second-order valence-electron chi connectivity index (χ2n) is 4.94. The number of rotatable bonds is 5. The zero-order chi connectivity index (χ0) is 10.8. The average Bonchev–Trinajstić information content (AvgIpc) is 1.92. The molecule has 82 valence electrons. The molecule has 0 unspecified atom stereocenters. The van der Waals surface area contributed by atoms with Gasteiger partial charge in [-0.25, -0.2) is 0 Å². The number of carboxylic acid groups (broad SMARTS) is 1. The van der Waals surface area contributed by atoms with Gasteiger partial charge in [-0.2, -0.15) is 0 Å². The Kier molecular flexibility index (Phi) is 3.53. The summed E-state index contributed by atoms with van der Waals surface area (Å²) in [6, 6.07) is 0. The summed E-state index contributed by atoms with van der Waals surface area (Å²) < 4.78 is 0. The van der Waals surface area contributed by atoms with E-state index in [2.05, 4.69) is 11.8 Å². The maximum atomic E-state index is 10.6. The lowest BCUT2D eigenvalue weighted by atomic mass is 9.87. The van der Waals surface area contributed by atoms with Crippen molar-refractivity contribution < 1.29 is 9.90 Å².